The number of hydrogen-bond donors (Lipinski definition) is 2. The lowest BCUT2D eigenvalue weighted by Crippen LogP contribution is -2.56. The van der Waals surface area contributed by atoms with E-state index in [1.807, 2.05) is 13.8 Å². The van der Waals surface area contributed by atoms with E-state index in [4.69, 9.17) is 0 Å². The molecule has 1 fully saturated rings. The Hall–Kier alpha value is -2.26. The van der Waals surface area contributed by atoms with Crippen molar-refractivity contribution in [2.45, 2.75) is 45.7 Å². The van der Waals surface area contributed by atoms with Crippen molar-refractivity contribution < 1.29 is 13.2 Å². The Morgan fingerprint density at radius 2 is 2.14 bits per heavy atom. The van der Waals surface area contributed by atoms with Crippen LogP contribution >= 0.6 is 11.3 Å². The fraction of sp³-hybridized carbons (Fsp3) is 0.500. The molecule has 0 aliphatic carbocycles. The highest BCUT2D eigenvalue weighted by Crippen LogP contribution is 2.34. The summed E-state index contributed by atoms with van der Waals surface area (Å²) in [7, 11) is -0.714. The zero-order valence-electron chi connectivity index (χ0n) is 17.0. The molecule has 2 atom stereocenters. The molecular formula is C18H24N6O3S2. The summed E-state index contributed by atoms with van der Waals surface area (Å²) in [4.78, 5) is 14.0. The van der Waals surface area contributed by atoms with Gasteiger partial charge in [0.25, 0.3) is 10.2 Å². The first-order chi connectivity index (χ1) is 13.6. The van der Waals surface area contributed by atoms with E-state index >= 15 is 0 Å². The molecule has 1 amide bonds. The molecule has 11 heteroatoms. The lowest BCUT2D eigenvalue weighted by molar-refractivity contribution is -0.120. The SMILES string of the molecule is CCc1c(C)sc(NC(=O)[C@@H]2C[C@H](c3cn(C)nc3C)NS(=O)(=O)N2C)c1C#N. The van der Waals surface area contributed by atoms with Crippen molar-refractivity contribution in [2.24, 2.45) is 7.05 Å². The van der Waals surface area contributed by atoms with Gasteiger partial charge in [0.2, 0.25) is 5.91 Å². The van der Waals surface area contributed by atoms with Crippen molar-refractivity contribution in [3.8, 4) is 6.07 Å². The maximum atomic E-state index is 13.0. The fourth-order valence-electron chi connectivity index (χ4n) is 3.68. The van der Waals surface area contributed by atoms with Gasteiger partial charge in [0, 0.05) is 30.7 Å². The van der Waals surface area contributed by atoms with Crippen molar-refractivity contribution in [2.75, 3.05) is 12.4 Å². The monoisotopic (exact) mass is 436 g/mol. The van der Waals surface area contributed by atoms with Crippen molar-refractivity contribution in [3.05, 3.63) is 33.5 Å². The van der Waals surface area contributed by atoms with Crippen molar-refractivity contribution >= 4 is 32.5 Å². The zero-order valence-corrected chi connectivity index (χ0v) is 18.6. The summed E-state index contributed by atoms with van der Waals surface area (Å²) in [5, 5.41) is 17.0. The molecule has 3 heterocycles. The number of aromatic nitrogens is 2. The van der Waals surface area contributed by atoms with E-state index in [9.17, 15) is 18.5 Å². The van der Waals surface area contributed by atoms with Crippen LogP contribution in [0.3, 0.4) is 0 Å². The zero-order chi connectivity index (χ0) is 21.5. The average Bonchev–Trinajstić information content (AvgIpc) is 3.14. The summed E-state index contributed by atoms with van der Waals surface area (Å²) in [6, 6.07) is 0.682. The van der Waals surface area contributed by atoms with Crippen LogP contribution in [0, 0.1) is 25.2 Å². The topological polar surface area (TPSA) is 120 Å². The third-order valence-corrected chi connectivity index (χ3v) is 7.87. The summed E-state index contributed by atoms with van der Waals surface area (Å²) in [5.41, 5.74) is 2.79. The molecule has 29 heavy (non-hydrogen) atoms. The van der Waals surface area contributed by atoms with Gasteiger partial charge in [-0.05, 0) is 32.3 Å². The summed E-state index contributed by atoms with van der Waals surface area (Å²) in [5.74, 6) is -0.454. The fourth-order valence-corrected chi connectivity index (χ4v) is 6.04. The van der Waals surface area contributed by atoms with Crippen LogP contribution in [0.1, 0.15) is 46.6 Å². The molecule has 156 valence electrons. The third-order valence-electron chi connectivity index (χ3n) is 5.21. The minimum absolute atomic E-state index is 0.251. The standard InChI is InChI=1S/C18H24N6O3S2/c1-6-12-11(3)28-18(13(12)8-19)20-17(25)16-7-15(22-29(26,27)24(16)5)14-9-23(4)21-10(14)2/h9,15-16,22H,6-7H2,1-5H3,(H,20,25)/t15-,16+/m1/s1. The second-order valence-electron chi connectivity index (χ2n) is 7.08. The Labute approximate surface area is 174 Å². The number of nitrogens with zero attached hydrogens (tertiary/aromatic N) is 4. The first-order valence-corrected chi connectivity index (χ1v) is 11.4. The summed E-state index contributed by atoms with van der Waals surface area (Å²) >= 11 is 1.34. The van der Waals surface area contributed by atoms with Crippen LogP contribution in [0.25, 0.3) is 0 Å². The molecule has 0 radical (unpaired) electrons. The maximum absolute atomic E-state index is 13.0. The van der Waals surface area contributed by atoms with Crippen LogP contribution in [0.4, 0.5) is 5.00 Å². The molecule has 9 nitrogen and oxygen atoms in total. The van der Waals surface area contributed by atoms with E-state index in [0.717, 1.165) is 20.3 Å². The molecule has 0 saturated carbocycles. The number of aryl methyl sites for hydroxylation is 3. The normalized spacial score (nSPS) is 21.7. The quantitative estimate of drug-likeness (QED) is 0.757. The number of nitriles is 1. The molecule has 2 aromatic rings. The maximum Gasteiger partial charge on any atom is 0.280 e. The number of thiophene rings is 1. The predicted molar refractivity (Wildman–Crippen MR) is 111 cm³/mol. The third kappa shape index (κ3) is 3.93. The Bertz CT molecular complexity index is 1100. The lowest BCUT2D eigenvalue weighted by Gasteiger charge is -2.35. The number of likely N-dealkylation sites (N-methyl/N-ethyl adjacent to an activating group) is 1. The van der Waals surface area contributed by atoms with Crippen molar-refractivity contribution in [3.63, 3.8) is 0 Å². The van der Waals surface area contributed by atoms with Gasteiger partial charge in [-0.15, -0.1) is 11.3 Å². The molecule has 1 aliphatic heterocycles. The number of anilines is 1. The van der Waals surface area contributed by atoms with E-state index in [1.54, 1.807) is 24.9 Å². The highest BCUT2D eigenvalue weighted by Gasteiger charge is 2.41. The minimum atomic E-state index is -3.85. The molecule has 1 aliphatic rings. The van der Waals surface area contributed by atoms with Crippen molar-refractivity contribution in [1.29, 1.82) is 5.26 Å². The van der Waals surface area contributed by atoms with Crippen molar-refractivity contribution in [1.82, 2.24) is 18.8 Å². The predicted octanol–water partition coefficient (Wildman–Crippen LogP) is 1.75. The van der Waals surface area contributed by atoms with Crippen LogP contribution < -0.4 is 10.0 Å². The molecule has 0 unspecified atom stereocenters. The van der Waals surface area contributed by atoms with E-state index in [2.05, 4.69) is 21.2 Å². The molecule has 1 saturated heterocycles. The molecule has 3 rings (SSSR count). The van der Waals surface area contributed by atoms with Gasteiger partial charge in [0.1, 0.15) is 17.1 Å². The Morgan fingerprint density at radius 1 is 1.45 bits per heavy atom. The van der Waals surface area contributed by atoms with Gasteiger partial charge in [-0.25, -0.2) is 0 Å². The smallest absolute Gasteiger partial charge is 0.280 e. The average molecular weight is 437 g/mol. The number of rotatable bonds is 4. The summed E-state index contributed by atoms with van der Waals surface area (Å²) < 4.78 is 30.6. The van der Waals surface area contributed by atoms with E-state index in [1.165, 1.54) is 18.4 Å². The largest absolute Gasteiger partial charge is 0.315 e. The second kappa shape index (κ2) is 7.87. The van der Waals surface area contributed by atoms with Gasteiger partial charge in [0.15, 0.2) is 0 Å². The molecule has 2 N–H and O–H groups in total. The van der Waals surface area contributed by atoms with E-state index in [-0.39, 0.29) is 6.42 Å². The molecular weight excluding hydrogens is 412 g/mol. The van der Waals surface area contributed by atoms with Crippen LogP contribution in [0.2, 0.25) is 0 Å². The molecule has 0 bridgehead atoms. The first-order valence-electron chi connectivity index (χ1n) is 9.17. The second-order valence-corrected chi connectivity index (χ2v) is 10.1. The lowest BCUT2D eigenvalue weighted by atomic mass is 10.00. The van der Waals surface area contributed by atoms with Crippen LogP contribution in [-0.2, 0) is 28.5 Å². The minimum Gasteiger partial charge on any atom is -0.315 e. The molecule has 0 aromatic carbocycles. The number of hydrogen-bond acceptors (Lipinski definition) is 6. The van der Waals surface area contributed by atoms with Crippen LogP contribution in [-0.4, -0.2) is 41.5 Å². The number of amides is 1. The highest BCUT2D eigenvalue weighted by molar-refractivity contribution is 7.87. The van der Waals surface area contributed by atoms with Gasteiger partial charge in [0.05, 0.1) is 17.3 Å². The van der Waals surface area contributed by atoms with Gasteiger partial charge >= 0.3 is 0 Å². The Morgan fingerprint density at radius 3 is 2.69 bits per heavy atom. The van der Waals surface area contributed by atoms with Crippen LogP contribution in [0.15, 0.2) is 6.20 Å². The molecule has 0 spiro atoms. The van der Waals surface area contributed by atoms with Gasteiger partial charge in [-0.3, -0.25) is 9.48 Å². The number of carbonyl (C=O) groups is 1. The first kappa shape index (κ1) is 21.4. The highest BCUT2D eigenvalue weighted by atomic mass is 32.2. The van der Waals surface area contributed by atoms with Crippen LogP contribution in [0.5, 0.6) is 0 Å². The van der Waals surface area contributed by atoms with E-state index in [0.29, 0.717) is 22.7 Å². The van der Waals surface area contributed by atoms with Gasteiger partial charge in [-0.2, -0.15) is 27.8 Å². The molecule has 2 aromatic heterocycles. The van der Waals surface area contributed by atoms with Gasteiger partial charge in [-0.1, -0.05) is 6.92 Å². The summed E-state index contributed by atoms with van der Waals surface area (Å²) in [6.45, 7) is 5.66. The van der Waals surface area contributed by atoms with E-state index < -0.39 is 28.2 Å². The van der Waals surface area contributed by atoms with Gasteiger partial charge < -0.3 is 5.32 Å². The summed E-state index contributed by atoms with van der Waals surface area (Å²) in [6.07, 6.45) is 2.69. The Kier molecular flexibility index (Phi) is 5.82. The number of nitrogens with one attached hydrogen (secondary N) is 2. The Balaban J connectivity index is 1.91. The number of carbonyl (C=O) groups excluding carboxylic acids is 1.